The fourth-order valence-electron chi connectivity index (χ4n) is 3.85. The van der Waals surface area contributed by atoms with E-state index in [0.717, 1.165) is 42.9 Å². The van der Waals surface area contributed by atoms with Crippen LogP contribution in [0.3, 0.4) is 0 Å². The van der Waals surface area contributed by atoms with Gasteiger partial charge in [0.15, 0.2) is 11.5 Å². The van der Waals surface area contributed by atoms with Crippen molar-refractivity contribution in [1.29, 1.82) is 0 Å². The fraction of sp³-hybridized carbons (Fsp3) is 0.409. The highest BCUT2D eigenvalue weighted by atomic mass is 16.5. The number of phenols is 1. The Kier molecular flexibility index (Phi) is 6.41. The minimum Gasteiger partial charge on any atom is -0.504 e. The Labute approximate surface area is 166 Å². The average molecular weight is 384 g/mol. The molecule has 1 N–H and O–H groups in total. The lowest BCUT2D eigenvalue weighted by Gasteiger charge is -2.38. The topological polar surface area (TPSA) is 62.2 Å². The third kappa shape index (κ3) is 4.39. The van der Waals surface area contributed by atoms with Crippen LogP contribution in [0, 0.1) is 0 Å². The van der Waals surface area contributed by atoms with E-state index in [-0.39, 0.29) is 17.7 Å². The van der Waals surface area contributed by atoms with E-state index in [9.17, 15) is 9.90 Å². The number of methoxy groups -OCH3 is 2. The van der Waals surface area contributed by atoms with Gasteiger partial charge in [-0.15, -0.1) is 0 Å². The van der Waals surface area contributed by atoms with Gasteiger partial charge in [0.25, 0.3) is 0 Å². The number of amides is 1. The first-order valence-electron chi connectivity index (χ1n) is 9.54. The van der Waals surface area contributed by atoms with E-state index >= 15 is 0 Å². The number of anilines is 1. The molecule has 6 nitrogen and oxygen atoms in total. The second-order valence-corrected chi connectivity index (χ2v) is 7.07. The van der Waals surface area contributed by atoms with E-state index in [0.29, 0.717) is 12.3 Å². The van der Waals surface area contributed by atoms with Crippen LogP contribution < -0.4 is 14.4 Å². The number of carbonyl (C=O) groups excluding carboxylic acids is 1. The minimum atomic E-state index is 0.0390. The molecule has 0 aliphatic carbocycles. The summed E-state index contributed by atoms with van der Waals surface area (Å²) >= 11 is 0. The standard InChI is InChI=1S/C22H28N2O4/c1-16(25)24(19-7-5-8-20(14-19)27-2)18-10-12-23(13-11-18)15-17-6-4-9-21(28-3)22(17)26/h4-9,14,18,26H,10-13,15H2,1-3H3. The lowest BCUT2D eigenvalue weighted by molar-refractivity contribution is -0.117. The molecule has 1 saturated heterocycles. The molecule has 0 saturated carbocycles. The SMILES string of the molecule is COc1cccc(N(C(C)=O)C2CCN(Cc3cccc(OC)c3O)CC2)c1. The Morgan fingerprint density at radius 3 is 2.50 bits per heavy atom. The van der Waals surface area contributed by atoms with Crippen LogP contribution in [0.4, 0.5) is 5.69 Å². The van der Waals surface area contributed by atoms with Crippen molar-refractivity contribution in [3.05, 3.63) is 48.0 Å². The number of benzene rings is 2. The van der Waals surface area contributed by atoms with Crippen molar-refractivity contribution in [2.45, 2.75) is 32.4 Å². The molecule has 0 bridgehead atoms. The van der Waals surface area contributed by atoms with Crippen LogP contribution in [0.25, 0.3) is 0 Å². The van der Waals surface area contributed by atoms with Crippen LogP contribution in [-0.2, 0) is 11.3 Å². The van der Waals surface area contributed by atoms with Crippen molar-refractivity contribution < 1.29 is 19.4 Å². The maximum Gasteiger partial charge on any atom is 0.224 e. The van der Waals surface area contributed by atoms with Gasteiger partial charge in [0, 0.05) is 49.9 Å². The summed E-state index contributed by atoms with van der Waals surface area (Å²) in [5, 5.41) is 10.3. The Balaban J connectivity index is 1.67. The predicted molar refractivity (Wildman–Crippen MR) is 109 cm³/mol. The molecule has 1 aliphatic rings. The van der Waals surface area contributed by atoms with Gasteiger partial charge in [-0.3, -0.25) is 9.69 Å². The summed E-state index contributed by atoms with van der Waals surface area (Å²) in [5.74, 6) is 1.48. The number of phenolic OH excluding ortho intramolecular Hbond substituents is 1. The molecule has 0 unspecified atom stereocenters. The second-order valence-electron chi connectivity index (χ2n) is 7.07. The smallest absolute Gasteiger partial charge is 0.224 e. The number of likely N-dealkylation sites (tertiary alicyclic amines) is 1. The van der Waals surface area contributed by atoms with Crippen LogP contribution in [-0.4, -0.2) is 49.3 Å². The first-order valence-corrected chi connectivity index (χ1v) is 9.54. The first kappa shape index (κ1) is 20.0. The maximum absolute atomic E-state index is 12.4. The van der Waals surface area contributed by atoms with E-state index in [4.69, 9.17) is 9.47 Å². The molecular formula is C22H28N2O4. The third-order valence-corrected chi connectivity index (χ3v) is 5.29. The maximum atomic E-state index is 12.4. The first-order chi connectivity index (χ1) is 13.5. The van der Waals surface area contributed by atoms with Gasteiger partial charge in [0.2, 0.25) is 5.91 Å². The molecule has 0 radical (unpaired) electrons. The Morgan fingerprint density at radius 2 is 1.86 bits per heavy atom. The van der Waals surface area contributed by atoms with Gasteiger partial charge in [-0.05, 0) is 31.0 Å². The molecule has 0 aromatic heterocycles. The summed E-state index contributed by atoms with van der Waals surface area (Å²) in [6.07, 6.45) is 1.75. The molecule has 2 aromatic carbocycles. The summed E-state index contributed by atoms with van der Waals surface area (Å²) < 4.78 is 10.5. The van der Waals surface area contributed by atoms with Crippen molar-refractivity contribution in [2.75, 3.05) is 32.2 Å². The number of nitrogens with zero attached hydrogens (tertiary/aromatic N) is 2. The second kappa shape index (κ2) is 8.97. The van der Waals surface area contributed by atoms with E-state index < -0.39 is 0 Å². The number of hydrogen-bond acceptors (Lipinski definition) is 5. The van der Waals surface area contributed by atoms with E-state index in [1.54, 1.807) is 27.2 Å². The molecule has 3 rings (SSSR count). The van der Waals surface area contributed by atoms with Crippen molar-refractivity contribution in [3.8, 4) is 17.2 Å². The van der Waals surface area contributed by atoms with Crippen LogP contribution in [0.15, 0.2) is 42.5 Å². The third-order valence-electron chi connectivity index (χ3n) is 5.29. The Morgan fingerprint density at radius 1 is 1.14 bits per heavy atom. The lowest BCUT2D eigenvalue weighted by Crippen LogP contribution is -2.46. The molecule has 0 spiro atoms. The highest BCUT2D eigenvalue weighted by Crippen LogP contribution is 2.32. The monoisotopic (exact) mass is 384 g/mol. The molecule has 1 fully saturated rings. The summed E-state index contributed by atoms with van der Waals surface area (Å²) in [4.78, 5) is 16.5. The van der Waals surface area contributed by atoms with Gasteiger partial charge in [-0.2, -0.15) is 0 Å². The largest absolute Gasteiger partial charge is 0.504 e. The molecule has 150 valence electrons. The van der Waals surface area contributed by atoms with Gasteiger partial charge >= 0.3 is 0 Å². The highest BCUT2D eigenvalue weighted by Gasteiger charge is 2.28. The van der Waals surface area contributed by atoms with Gasteiger partial charge in [-0.25, -0.2) is 0 Å². The van der Waals surface area contributed by atoms with Gasteiger partial charge in [-0.1, -0.05) is 18.2 Å². The fourth-order valence-corrected chi connectivity index (χ4v) is 3.85. The number of carbonyl (C=O) groups is 1. The molecular weight excluding hydrogens is 356 g/mol. The van der Waals surface area contributed by atoms with Crippen molar-refractivity contribution in [2.24, 2.45) is 0 Å². The number of rotatable bonds is 6. The average Bonchev–Trinajstić information content (AvgIpc) is 2.71. The molecule has 1 heterocycles. The zero-order valence-electron chi connectivity index (χ0n) is 16.7. The summed E-state index contributed by atoms with van der Waals surface area (Å²) in [5.41, 5.74) is 1.73. The van der Waals surface area contributed by atoms with E-state index in [2.05, 4.69) is 4.90 Å². The molecule has 28 heavy (non-hydrogen) atoms. The normalized spacial score (nSPS) is 15.2. The highest BCUT2D eigenvalue weighted by molar-refractivity contribution is 5.92. The quantitative estimate of drug-likeness (QED) is 0.827. The summed E-state index contributed by atoms with van der Waals surface area (Å²) in [7, 11) is 3.18. The van der Waals surface area contributed by atoms with Crippen molar-refractivity contribution in [3.63, 3.8) is 0 Å². The summed E-state index contributed by atoms with van der Waals surface area (Å²) in [6.45, 7) is 3.99. The Hall–Kier alpha value is -2.73. The van der Waals surface area contributed by atoms with Gasteiger partial charge < -0.3 is 19.5 Å². The predicted octanol–water partition coefficient (Wildman–Crippen LogP) is 3.43. The van der Waals surface area contributed by atoms with Crippen LogP contribution in [0.2, 0.25) is 0 Å². The number of hydrogen-bond donors (Lipinski definition) is 1. The lowest BCUT2D eigenvalue weighted by atomic mass is 10.0. The zero-order valence-corrected chi connectivity index (χ0v) is 16.7. The van der Waals surface area contributed by atoms with Crippen molar-refractivity contribution >= 4 is 11.6 Å². The molecule has 1 amide bonds. The number of piperidine rings is 1. The van der Waals surface area contributed by atoms with Crippen LogP contribution in [0.1, 0.15) is 25.3 Å². The summed E-state index contributed by atoms with van der Waals surface area (Å²) in [6, 6.07) is 13.4. The molecule has 2 aromatic rings. The number of aromatic hydroxyl groups is 1. The van der Waals surface area contributed by atoms with Crippen LogP contribution >= 0.6 is 0 Å². The molecule has 0 atom stereocenters. The van der Waals surface area contributed by atoms with E-state index in [1.165, 1.54) is 0 Å². The minimum absolute atomic E-state index is 0.0390. The molecule has 6 heteroatoms. The van der Waals surface area contributed by atoms with Crippen LogP contribution in [0.5, 0.6) is 17.2 Å². The van der Waals surface area contributed by atoms with E-state index in [1.807, 2.05) is 41.3 Å². The van der Waals surface area contributed by atoms with Crippen molar-refractivity contribution in [1.82, 2.24) is 4.90 Å². The zero-order chi connectivity index (χ0) is 20.1. The Bertz CT molecular complexity index is 816. The van der Waals surface area contributed by atoms with Gasteiger partial charge in [0.05, 0.1) is 14.2 Å². The number of para-hydroxylation sites is 1. The van der Waals surface area contributed by atoms with Gasteiger partial charge in [0.1, 0.15) is 5.75 Å². The molecule has 1 aliphatic heterocycles. The number of ether oxygens (including phenoxy) is 2.